The van der Waals surface area contributed by atoms with Gasteiger partial charge in [0, 0.05) is 19.0 Å². The van der Waals surface area contributed by atoms with E-state index in [-0.39, 0.29) is 18.7 Å². The van der Waals surface area contributed by atoms with Crippen LogP contribution < -0.4 is 11.4 Å². The minimum Gasteiger partial charge on any atom is -0.462 e. The molecule has 20 nitrogen and oxygen atoms in total. The zero-order chi connectivity index (χ0) is 54.5. The largest absolute Gasteiger partial charge is 0.481 e. The number of carbonyl (C=O) groups is 2. The molecule has 9 atom stereocenters. The van der Waals surface area contributed by atoms with Gasteiger partial charge in [-0.25, -0.2) is 13.9 Å². The van der Waals surface area contributed by atoms with Crippen LogP contribution in [0.5, 0.6) is 0 Å². The van der Waals surface area contributed by atoms with Crippen LogP contribution in [-0.2, 0) is 46.3 Å². The molecule has 418 valence electrons. The van der Waals surface area contributed by atoms with Gasteiger partial charge in [-0.05, 0) is 70.3 Å². The molecule has 0 saturated carbocycles. The standard InChI is InChI=1S/C52H83N3O17P2/c1-3-5-7-8-9-10-11-12-13-14-15-16-20-23-29-36-48(59)70-44(39-67-47(58)35-30-24-28-34-43(57)33-27-22-19-17-18-21-26-32-42(56)31-25-6-4-2)40-68-73(63,64)72-74(65,66)69-41-45-49(60)50(61)51(71-45)55-38-37-46(53)54-52(55)62/h6,12-13,18-19,21-22,25-28,32-34,37-38,42-45,49-51,56-57,60-61H,3-5,7-11,14-17,20,23-24,29-31,35-36,39-41H2,1-2H3,(H,63,64)(H,65,66)(H2,53,54,62)/b13-12-,21-18-,22-19-,25-6-,32-26+,33-27+,34-28-/t42-,43-,44-,45-,49-,50-,51-/m1/s1. The van der Waals surface area contributed by atoms with Crippen molar-refractivity contribution in [3.05, 3.63) is 108 Å². The molecule has 0 spiro atoms. The summed E-state index contributed by atoms with van der Waals surface area (Å²) in [5, 5.41) is 41.0. The Labute approximate surface area is 436 Å². The van der Waals surface area contributed by atoms with Gasteiger partial charge in [-0.1, -0.05) is 150 Å². The van der Waals surface area contributed by atoms with E-state index in [1.807, 2.05) is 37.3 Å². The summed E-state index contributed by atoms with van der Waals surface area (Å²) in [6, 6.07) is 1.23. The average Bonchev–Trinajstić information content (AvgIpc) is 3.63. The number of rotatable bonds is 41. The summed E-state index contributed by atoms with van der Waals surface area (Å²) in [5.74, 6) is -1.51. The number of esters is 2. The normalized spacial score (nSPS) is 20.4. The zero-order valence-electron chi connectivity index (χ0n) is 43.1. The number of phosphoric ester groups is 2. The molecule has 0 aliphatic carbocycles. The Bertz CT molecular complexity index is 2110. The summed E-state index contributed by atoms with van der Waals surface area (Å²) in [5.41, 5.74) is 4.57. The molecule has 0 bridgehead atoms. The number of anilines is 1. The third-order valence-electron chi connectivity index (χ3n) is 11.1. The van der Waals surface area contributed by atoms with Crippen molar-refractivity contribution in [3.8, 4) is 0 Å². The number of ether oxygens (including phenoxy) is 3. The Hall–Kier alpha value is -4.14. The van der Waals surface area contributed by atoms with Crippen LogP contribution in [0.25, 0.3) is 0 Å². The molecule has 1 aliphatic rings. The smallest absolute Gasteiger partial charge is 0.462 e. The Balaban J connectivity index is 1.86. The highest BCUT2D eigenvalue weighted by Crippen LogP contribution is 2.60. The quantitative estimate of drug-likeness (QED) is 0.0106. The van der Waals surface area contributed by atoms with Crippen molar-refractivity contribution in [3.63, 3.8) is 0 Å². The summed E-state index contributed by atoms with van der Waals surface area (Å²) in [4.78, 5) is 61.9. The van der Waals surface area contributed by atoms with Crippen molar-refractivity contribution in [1.29, 1.82) is 0 Å². The van der Waals surface area contributed by atoms with Crippen LogP contribution in [0.2, 0.25) is 0 Å². The van der Waals surface area contributed by atoms with Crippen LogP contribution in [0.4, 0.5) is 5.82 Å². The van der Waals surface area contributed by atoms with E-state index in [4.69, 9.17) is 29.0 Å². The summed E-state index contributed by atoms with van der Waals surface area (Å²) >= 11 is 0. The predicted octanol–water partition coefficient (Wildman–Crippen LogP) is 8.61. The minimum absolute atomic E-state index is 0.00718. The molecule has 22 heteroatoms. The van der Waals surface area contributed by atoms with Gasteiger partial charge < -0.3 is 50.2 Å². The number of allylic oxidation sites excluding steroid dienone is 10. The highest BCUT2D eigenvalue weighted by atomic mass is 31.3. The second-order valence-corrected chi connectivity index (χ2v) is 20.7. The van der Waals surface area contributed by atoms with Gasteiger partial charge >= 0.3 is 33.3 Å². The van der Waals surface area contributed by atoms with Gasteiger partial charge in [0.1, 0.15) is 30.7 Å². The number of nitrogens with two attached hydrogens (primary N) is 1. The average molecular weight is 1080 g/mol. The highest BCUT2D eigenvalue weighted by molar-refractivity contribution is 7.61. The summed E-state index contributed by atoms with van der Waals surface area (Å²) < 4.78 is 56.6. The SMILES string of the molecule is CC/C=C\C[C@@H](O)/C=C/C=C\C/C=C\C=C\[C@@H](O)/C=C\CCCC(=O)OC[C@H](COP(=O)(O)OP(=O)(O)OC[C@H]1O[C@@H](n2ccc(N)nc2=O)[C@H](O)[C@@H]1O)OC(=O)CCCCCCC/C=C\CCCCCCCC. The number of aromatic nitrogens is 2. The van der Waals surface area contributed by atoms with Crippen molar-refractivity contribution in [2.24, 2.45) is 0 Å². The third-order valence-corrected chi connectivity index (χ3v) is 13.7. The summed E-state index contributed by atoms with van der Waals surface area (Å²) in [6.45, 7) is 1.76. The number of unbranched alkanes of at least 4 members (excludes halogenated alkanes) is 12. The van der Waals surface area contributed by atoms with Gasteiger partial charge in [-0.3, -0.25) is 23.2 Å². The number of hydrogen-bond donors (Lipinski definition) is 7. The molecule has 1 fully saturated rings. The Kier molecular flexibility index (Phi) is 35.0. The Morgan fingerprint density at radius 2 is 1.36 bits per heavy atom. The molecule has 8 N–H and O–H groups in total. The van der Waals surface area contributed by atoms with E-state index in [1.165, 1.54) is 44.6 Å². The first-order chi connectivity index (χ1) is 35.5. The van der Waals surface area contributed by atoms with Crippen LogP contribution in [0.3, 0.4) is 0 Å². The molecule has 2 unspecified atom stereocenters. The number of hydrogen-bond acceptors (Lipinski definition) is 17. The van der Waals surface area contributed by atoms with Gasteiger partial charge in [-0.15, -0.1) is 0 Å². The number of nitrogen functional groups attached to an aromatic ring is 1. The molecular formula is C52H83N3O17P2. The van der Waals surface area contributed by atoms with Crippen molar-refractivity contribution in [1.82, 2.24) is 9.55 Å². The van der Waals surface area contributed by atoms with Crippen LogP contribution in [-0.4, -0.2) is 108 Å². The van der Waals surface area contributed by atoms with Crippen LogP contribution in [0, 0.1) is 0 Å². The molecule has 74 heavy (non-hydrogen) atoms. The lowest BCUT2D eigenvalue weighted by atomic mass is 10.1. The fourth-order valence-corrected chi connectivity index (χ4v) is 9.22. The van der Waals surface area contributed by atoms with E-state index in [0.717, 1.165) is 55.7 Å². The lowest BCUT2D eigenvalue weighted by Crippen LogP contribution is -2.36. The van der Waals surface area contributed by atoms with Gasteiger partial charge in [-0.2, -0.15) is 9.29 Å². The molecule has 1 saturated heterocycles. The van der Waals surface area contributed by atoms with Gasteiger partial charge in [0.05, 0.1) is 25.4 Å². The van der Waals surface area contributed by atoms with Crippen molar-refractivity contribution in [2.75, 3.05) is 25.6 Å². The number of aliphatic hydroxyl groups excluding tert-OH is 4. The fraction of sp³-hybridized carbons (Fsp3) is 0.615. The summed E-state index contributed by atoms with van der Waals surface area (Å²) in [7, 11) is -10.9. The lowest BCUT2D eigenvalue weighted by molar-refractivity contribution is -0.161. The van der Waals surface area contributed by atoms with E-state index in [2.05, 4.69) is 28.4 Å². The molecule has 2 rings (SSSR count). The van der Waals surface area contributed by atoms with Gasteiger partial charge in [0.2, 0.25) is 0 Å². The third kappa shape index (κ3) is 31.7. The second-order valence-electron chi connectivity index (χ2n) is 17.7. The maximum absolute atomic E-state index is 12.9. The molecule has 1 aromatic heterocycles. The molecular weight excluding hydrogens is 1000 g/mol. The molecule has 0 aromatic carbocycles. The molecule has 1 aromatic rings. The number of aliphatic hydroxyl groups is 4. The van der Waals surface area contributed by atoms with E-state index in [9.17, 15) is 53.7 Å². The Morgan fingerprint density at radius 3 is 2.04 bits per heavy atom. The van der Waals surface area contributed by atoms with Crippen LogP contribution in [0.15, 0.2) is 102 Å². The van der Waals surface area contributed by atoms with Crippen molar-refractivity contribution < 1.29 is 76.5 Å². The van der Waals surface area contributed by atoms with Crippen molar-refractivity contribution in [2.45, 2.75) is 185 Å². The molecule has 0 radical (unpaired) electrons. The Morgan fingerprint density at radius 1 is 0.743 bits per heavy atom. The minimum atomic E-state index is -5.47. The number of carbonyl (C=O) groups excluding carboxylic acids is 2. The first kappa shape index (κ1) is 66.0. The zero-order valence-corrected chi connectivity index (χ0v) is 44.9. The lowest BCUT2D eigenvalue weighted by Gasteiger charge is -2.21. The second kappa shape index (κ2) is 39.3. The highest BCUT2D eigenvalue weighted by Gasteiger charge is 2.46. The molecule has 0 amide bonds. The summed E-state index contributed by atoms with van der Waals surface area (Å²) in [6.07, 6.45) is 34.4. The van der Waals surface area contributed by atoms with E-state index < -0.39 is 95.9 Å². The predicted molar refractivity (Wildman–Crippen MR) is 282 cm³/mol. The number of phosphoric acid groups is 2. The first-order valence-corrected chi connectivity index (χ1v) is 28.8. The number of nitrogens with zero attached hydrogens (tertiary/aromatic N) is 2. The maximum atomic E-state index is 12.9. The van der Waals surface area contributed by atoms with Crippen LogP contribution >= 0.6 is 15.6 Å². The van der Waals surface area contributed by atoms with E-state index >= 15 is 0 Å². The van der Waals surface area contributed by atoms with Crippen molar-refractivity contribution >= 4 is 33.4 Å². The van der Waals surface area contributed by atoms with Gasteiger partial charge in [0.25, 0.3) is 0 Å². The topological polar surface area (TPSA) is 306 Å². The van der Waals surface area contributed by atoms with Crippen LogP contribution in [0.1, 0.15) is 148 Å². The van der Waals surface area contributed by atoms with E-state index in [0.29, 0.717) is 32.1 Å². The molecule has 1 aliphatic heterocycles. The first-order valence-electron chi connectivity index (χ1n) is 25.8. The molecule has 2 heterocycles. The monoisotopic (exact) mass is 1080 g/mol. The fourth-order valence-electron chi connectivity index (χ4n) is 7.11. The van der Waals surface area contributed by atoms with E-state index in [1.54, 1.807) is 42.5 Å². The maximum Gasteiger partial charge on any atom is 0.481 e. The van der Waals surface area contributed by atoms with Gasteiger partial charge in [0.15, 0.2) is 12.3 Å².